The van der Waals surface area contributed by atoms with Crippen LogP contribution in [0.2, 0.25) is 0 Å². The molecular formula is C18H18O6. The Labute approximate surface area is 138 Å². The normalized spacial score (nSPS) is 24.8. The van der Waals surface area contributed by atoms with E-state index in [1.54, 1.807) is 19.1 Å². The van der Waals surface area contributed by atoms with E-state index in [0.717, 1.165) is 0 Å². The zero-order chi connectivity index (χ0) is 16.5. The SMILES string of the molecule is Cc1coc2c1C(=O)C(=O)c1c-2ccc2c1CC[C@H](O)[C@@]2(C)O.O. The van der Waals surface area contributed by atoms with Crippen LogP contribution in [-0.2, 0) is 12.0 Å². The van der Waals surface area contributed by atoms with Crippen LogP contribution < -0.4 is 0 Å². The molecule has 2 aliphatic rings. The summed E-state index contributed by atoms with van der Waals surface area (Å²) < 4.78 is 5.51. The summed E-state index contributed by atoms with van der Waals surface area (Å²) in [5.41, 5.74) is 1.56. The van der Waals surface area contributed by atoms with Crippen LogP contribution in [0.4, 0.5) is 0 Å². The van der Waals surface area contributed by atoms with Crippen LogP contribution in [0, 0.1) is 6.92 Å². The number of ketones is 2. The van der Waals surface area contributed by atoms with Gasteiger partial charge in [0.05, 0.1) is 17.9 Å². The Morgan fingerprint density at radius 2 is 1.88 bits per heavy atom. The van der Waals surface area contributed by atoms with Crippen LogP contribution in [0.25, 0.3) is 11.3 Å². The predicted octanol–water partition coefficient (Wildman–Crippen LogP) is 1.32. The van der Waals surface area contributed by atoms with Gasteiger partial charge in [-0.25, -0.2) is 0 Å². The van der Waals surface area contributed by atoms with E-state index in [0.29, 0.717) is 52.0 Å². The van der Waals surface area contributed by atoms with Crippen LogP contribution >= 0.6 is 0 Å². The van der Waals surface area contributed by atoms with Crippen molar-refractivity contribution in [3.63, 3.8) is 0 Å². The first kappa shape index (κ1) is 16.6. The van der Waals surface area contributed by atoms with Crippen molar-refractivity contribution >= 4 is 11.6 Å². The van der Waals surface area contributed by atoms with Crippen LogP contribution in [0.5, 0.6) is 0 Å². The highest BCUT2D eigenvalue weighted by Crippen LogP contribution is 2.44. The summed E-state index contributed by atoms with van der Waals surface area (Å²) in [5.74, 6) is -0.727. The third kappa shape index (κ3) is 1.87. The summed E-state index contributed by atoms with van der Waals surface area (Å²) in [7, 11) is 0. The van der Waals surface area contributed by atoms with Crippen LogP contribution in [0.1, 0.15) is 50.8 Å². The van der Waals surface area contributed by atoms with Crippen molar-refractivity contribution in [2.45, 2.75) is 38.4 Å². The molecule has 2 atom stereocenters. The van der Waals surface area contributed by atoms with Gasteiger partial charge in [-0.1, -0.05) is 12.1 Å². The molecule has 126 valence electrons. The summed E-state index contributed by atoms with van der Waals surface area (Å²) in [6, 6.07) is 3.40. The van der Waals surface area contributed by atoms with E-state index in [1.807, 2.05) is 0 Å². The molecule has 0 spiro atoms. The van der Waals surface area contributed by atoms with Gasteiger partial charge in [-0.15, -0.1) is 0 Å². The van der Waals surface area contributed by atoms with Crippen LogP contribution in [-0.4, -0.2) is 33.4 Å². The fraction of sp³-hybridized carbons (Fsp3) is 0.333. The molecule has 4 rings (SSSR count). The molecule has 0 saturated heterocycles. The number of aliphatic hydroxyl groups excluding tert-OH is 1. The summed E-state index contributed by atoms with van der Waals surface area (Å²) in [5, 5.41) is 20.6. The van der Waals surface area contributed by atoms with E-state index in [1.165, 1.54) is 13.2 Å². The van der Waals surface area contributed by atoms with Crippen LogP contribution in [0.3, 0.4) is 0 Å². The van der Waals surface area contributed by atoms with Crippen molar-refractivity contribution in [2.75, 3.05) is 0 Å². The molecule has 1 heterocycles. The molecule has 6 heteroatoms. The lowest BCUT2D eigenvalue weighted by Gasteiger charge is -2.37. The number of hydrogen-bond donors (Lipinski definition) is 2. The third-order valence-electron chi connectivity index (χ3n) is 5.05. The van der Waals surface area contributed by atoms with Crippen molar-refractivity contribution in [3.8, 4) is 11.3 Å². The maximum absolute atomic E-state index is 12.7. The van der Waals surface area contributed by atoms with E-state index >= 15 is 0 Å². The minimum atomic E-state index is -1.44. The molecule has 4 N–H and O–H groups in total. The second kappa shape index (κ2) is 5.11. The first-order chi connectivity index (χ1) is 10.8. The van der Waals surface area contributed by atoms with Crippen molar-refractivity contribution in [3.05, 3.63) is 46.2 Å². The number of aliphatic hydroxyl groups is 2. The highest BCUT2D eigenvalue weighted by atomic mass is 16.3. The first-order valence-electron chi connectivity index (χ1n) is 7.58. The number of carbonyl (C=O) groups excluding carboxylic acids is 2. The Hall–Kier alpha value is -2.28. The van der Waals surface area contributed by atoms with Gasteiger partial charge in [-0.3, -0.25) is 9.59 Å². The van der Waals surface area contributed by atoms with Gasteiger partial charge in [0, 0.05) is 11.1 Å². The molecule has 6 nitrogen and oxygen atoms in total. The van der Waals surface area contributed by atoms with Crippen molar-refractivity contribution < 1.29 is 29.7 Å². The van der Waals surface area contributed by atoms with E-state index < -0.39 is 23.3 Å². The Morgan fingerprint density at radius 1 is 1.21 bits per heavy atom. The number of Topliss-reactive ketones (excluding diaryl/α,β-unsaturated/α-hetero) is 2. The molecule has 2 aromatic rings. The Morgan fingerprint density at radius 3 is 2.58 bits per heavy atom. The topological polar surface area (TPSA) is 119 Å². The zero-order valence-electron chi connectivity index (χ0n) is 13.3. The standard InChI is InChI=1S/C18H16O5.H2O/c1-8-7-23-17-10-3-5-11-9(4-6-12(19)18(11,2)22)14(10)16(21)15(20)13(8)17;/h3,5,7,12,19,22H,4,6H2,1-2H3;1H2/t12-,18-;/m0./s1. The number of hydrogen-bond acceptors (Lipinski definition) is 5. The zero-order valence-corrected chi connectivity index (χ0v) is 13.3. The monoisotopic (exact) mass is 330 g/mol. The number of aryl methyl sites for hydroxylation is 1. The van der Waals surface area contributed by atoms with Gasteiger partial charge in [0.2, 0.25) is 11.6 Å². The van der Waals surface area contributed by atoms with Gasteiger partial charge in [0.1, 0.15) is 11.4 Å². The van der Waals surface area contributed by atoms with Crippen LogP contribution in [0.15, 0.2) is 22.8 Å². The molecule has 0 aliphatic heterocycles. The van der Waals surface area contributed by atoms with Crippen molar-refractivity contribution in [2.24, 2.45) is 0 Å². The Balaban J connectivity index is 0.00000169. The Kier molecular flexibility index (Phi) is 3.53. The molecule has 0 bridgehead atoms. The van der Waals surface area contributed by atoms with Gasteiger partial charge in [-0.2, -0.15) is 0 Å². The van der Waals surface area contributed by atoms with Gasteiger partial charge in [0.25, 0.3) is 0 Å². The minimum absolute atomic E-state index is 0. The van der Waals surface area contributed by atoms with E-state index in [9.17, 15) is 19.8 Å². The molecule has 2 aliphatic carbocycles. The molecule has 0 unspecified atom stereocenters. The van der Waals surface area contributed by atoms with E-state index in [4.69, 9.17) is 4.42 Å². The predicted molar refractivity (Wildman–Crippen MR) is 85.1 cm³/mol. The fourth-order valence-corrected chi connectivity index (χ4v) is 3.72. The molecule has 0 radical (unpaired) electrons. The summed E-state index contributed by atoms with van der Waals surface area (Å²) in [6.07, 6.45) is 1.35. The molecule has 0 amide bonds. The fourth-order valence-electron chi connectivity index (χ4n) is 3.72. The van der Waals surface area contributed by atoms with Gasteiger partial charge in [0.15, 0.2) is 0 Å². The van der Waals surface area contributed by atoms with E-state index in [-0.39, 0.29) is 5.48 Å². The molecule has 0 fully saturated rings. The number of rotatable bonds is 0. The van der Waals surface area contributed by atoms with E-state index in [2.05, 4.69) is 0 Å². The number of benzene rings is 1. The van der Waals surface area contributed by atoms with Crippen molar-refractivity contribution in [1.82, 2.24) is 0 Å². The highest BCUT2D eigenvalue weighted by molar-refractivity contribution is 6.53. The average molecular weight is 330 g/mol. The van der Waals surface area contributed by atoms with Crippen molar-refractivity contribution in [1.29, 1.82) is 0 Å². The quantitative estimate of drug-likeness (QED) is 0.706. The summed E-state index contributed by atoms with van der Waals surface area (Å²) >= 11 is 0. The summed E-state index contributed by atoms with van der Waals surface area (Å²) in [4.78, 5) is 25.1. The molecule has 1 aromatic heterocycles. The maximum Gasteiger partial charge on any atom is 0.237 e. The molecular weight excluding hydrogens is 312 g/mol. The molecule has 0 saturated carbocycles. The smallest absolute Gasteiger partial charge is 0.237 e. The second-order valence-electron chi connectivity index (χ2n) is 6.50. The lowest BCUT2D eigenvalue weighted by Crippen LogP contribution is -2.42. The maximum atomic E-state index is 12.7. The lowest BCUT2D eigenvalue weighted by atomic mass is 9.73. The number of furan rings is 1. The van der Waals surface area contributed by atoms with Gasteiger partial charge >= 0.3 is 0 Å². The number of carbonyl (C=O) groups is 2. The van der Waals surface area contributed by atoms with Gasteiger partial charge in [-0.05, 0) is 43.4 Å². The van der Waals surface area contributed by atoms with Gasteiger partial charge < -0.3 is 20.1 Å². The molecule has 24 heavy (non-hydrogen) atoms. The Bertz CT molecular complexity index is 874. The largest absolute Gasteiger partial charge is 0.463 e. The molecule has 1 aromatic carbocycles. The summed E-state index contributed by atoms with van der Waals surface area (Å²) in [6.45, 7) is 3.26. The number of fused-ring (bicyclic) bond motifs is 5. The highest BCUT2D eigenvalue weighted by Gasteiger charge is 2.43. The third-order valence-corrected chi connectivity index (χ3v) is 5.05. The average Bonchev–Trinajstić information content (AvgIpc) is 2.90. The minimum Gasteiger partial charge on any atom is -0.463 e. The lowest BCUT2D eigenvalue weighted by molar-refractivity contribution is -0.0765. The first-order valence-corrected chi connectivity index (χ1v) is 7.58. The second-order valence-corrected chi connectivity index (χ2v) is 6.50.